The van der Waals surface area contributed by atoms with Gasteiger partial charge in [-0.3, -0.25) is 4.90 Å². The zero-order valence-electron chi connectivity index (χ0n) is 15.8. The highest BCUT2D eigenvalue weighted by Crippen LogP contribution is 2.35. The third-order valence-electron chi connectivity index (χ3n) is 5.53. The molecule has 2 aromatic rings. The molecule has 0 radical (unpaired) electrons. The minimum atomic E-state index is -3.66. The van der Waals surface area contributed by atoms with Gasteiger partial charge in [0, 0.05) is 38.1 Å². The molecule has 0 amide bonds. The molecule has 0 aromatic carbocycles. The van der Waals surface area contributed by atoms with E-state index in [1.807, 2.05) is 0 Å². The summed E-state index contributed by atoms with van der Waals surface area (Å²) in [5.74, 6) is 1.46. The topological polar surface area (TPSA) is 92.7 Å². The lowest BCUT2D eigenvalue weighted by Gasteiger charge is -2.35. The second-order valence-corrected chi connectivity index (χ2v) is 9.45. The van der Waals surface area contributed by atoms with Gasteiger partial charge in [-0.1, -0.05) is 12.8 Å². The van der Waals surface area contributed by atoms with Crippen LogP contribution in [0.3, 0.4) is 0 Å². The zero-order chi connectivity index (χ0) is 19.0. The second kappa shape index (κ2) is 7.37. The lowest BCUT2D eigenvalue weighted by atomic mass is 10.1. The van der Waals surface area contributed by atoms with Gasteiger partial charge in [-0.15, -0.1) is 10.2 Å². The molecule has 27 heavy (non-hydrogen) atoms. The average Bonchev–Trinajstić information content (AvgIpc) is 3.41. The molecule has 8 nitrogen and oxygen atoms in total. The van der Waals surface area contributed by atoms with Gasteiger partial charge in [0.25, 0.3) is 15.9 Å². The first-order valence-corrected chi connectivity index (χ1v) is 11.1. The third kappa shape index (κ3) is 3.68. The van der Waals surface area contributed by atoms with Crippen LogP contribution in [0.4, 0.5) is 0 Å². The zero-order valence-corrected chi connectivity index (χ0v) is 16.6. The molecule has 0 N–H and O–H groups in total. The van der Waals surface area contributed by atoms with Crippen LogP contribution in [0.15, 0.2) is 26.1 Å². The first-order chi connectivity index (χ1) is 12.9. The molecule has 0 spiro atoms. The van der Waals surface area contributed by atoms with Crippen molar-refractivity contribution in [1.29, 1.82) is 0 Å². The quantitative estimate of drug-likeness (QED) is 0.770. The van der Waals surface area contributed by atoms with Gasteiger partial charge >= 0.3 is 0 Å². The monoisotopic (exact) mass is 394 g/mol. The molecule has 2 aliphatic rings. The molecule has 2 aromatic heterocycles. The van der Waals surface area contributed by atoms with E-state index in [1.54, 1.807) is 6.07 Å². The van der Waals surface area contributed by atoms with Crippen molar-refractivity contribution in [1.82, 2.24) is 19.4 Å². The SMILES string of the molecule is CC(C)N1CCN(S(=O)(=O)c2ccc(-c3nnc(C4CCCC4)o3)o2)CC1. The van der Waals surface area contributed by atoms with Gasteiger partial charge in [-0.05, 0) is 38.8 Å². The largest absolute Gasteiger partial charge is 0.438 e. The van der Waals surface area contributed by atoms with Crippen LogP contribution in [0, 0.1) is 0 Å². The van der Waals surface area contributed by atoms with Crippen molar-refractivity contribution in [3.63, 3.8) is 0 Å². The highest BCUT2D eigenvalue weighted by atomic mass is 32.2. The fourth-order valence-corrected chi connectivity index (χ4v) is 5.17. The Morgan fingerprint density at radius 1 is 1.04 bits per heavy atom. The normalized spacial score (nSPS) is 20.7. The number of piperazine rings is 1. The molecular formula is C18H26N4O4S. The summed E-state index contributed by atoms with van der Waals surface area (Å²) in [4.78, 5) is 2.27. The Bertz CT molecular complexity index is 875. The number of nitrogens with zero attached hydrogens (tertiary/aromatic N) is 4. The summed E-state index contributed by atoms with van der Waals surface area (Å²) in [6.07, 6.45) is 4.47. The van der Waals surface area contributed by atoms with Gasteiger partial charge in [0.1, 0.15) is 0 Å². The van der Waals surface area contributed by atoms with Crippen molar-refractivity contribution in [3.8, 4) is 11.7 Å². The van der Waals surface area contributed by atoms with Crippen LogP contribution in [0.25, 0.3) is 11.7 Å². The summed E-state index contributed by atoms with van der Waals surface area (Å²) in [6.45, 7) is 6.60. The van der Waals surface area contributed by atoms with Crippen LogP contribution in [0.2, 0.25) is 0 Å². The van der Waals surface area contributed by atoms with Crippen LogP contribution in [0.1, 0.15) is 51.3 Å². The highest BCUT2D eigenvalue weighted by molar-refractivity contribution is 7.89. The van der Waals surface area contributed by atoms with E-state index < -0.39 is 10.0 Å². The molecule has 2 fully saturated rings. The number of hydrogen-bond donors (Lipinski definition) is 0. The lowest BCUT2D eigenvalue weighted by molar-refractivity contribution is 0.153. The Morgan fingerprint density at radius 3 is 2.41 bits per heavy atom. The lowest BCUT2D eigenvalue weighted by Crippen LogP contribution is -2.50. The summed E-state index contributed by atoms with van der Waals surface area (Å²) in [5.41, 5.74) is 0. The Labute approximate surface area is 159 Å². The van der Waals surface area contributed by atoms with E-state index in [0.29, 0.717) is 36.7 Å². The van der Waals surface area contributed by atoms with Gasteiger partial charge in [0.2, 0.25) is 11.0 Å². The molecule has 1 saturated carbocycles. The third-order valence-corrected chi connectivity index (χ3v) is 7.31. The molecule has 0 unspecified atom stereocenters. The van der Waals surface area contributed by atoms with Crippen LogP contribution in [0.5, 0.6) is 0 Å². The van der Waals surface area contributed by atoms with Gasteiger partial charge < -0.3 is 8.83 Å². The van der Waals surface area contributed by atoms with Crippen LogP contribution >= 0.6 is 0 Å². The van der Waals surface area contributed by atoms with E-state index in [0.717, 1.165) is 25.9 Å². The summed E-state index contributed by atoms with van der Waals surface area (Å²) in [6, 6.07) is 3.47. The van der Waals surface area contributed by atoms with E-state index in [4.69, 9.17) is 8.83 Å². The van der Waals surface area contributed by atoms with E-state index in [1.165, 1.54) is 23.2 Å². The number of sulfonamides is 1. The van der Waals surface area contributed by atoms with Crippen molar-refractivity contribution < 1.29 is 17.3 Å². The molecule has 1 saturated heterocycles. The minimum Gasteiger partial charge on any atom is -0.438 e. The first kappa shape index (κ1) is 18.6. The number of aromatic nitrogens is 2. The highest BCUT2D eigenvalue weighted by Gasteiger charge is 2.32. The second-order valence-electron chi connectivity index (χ2n) is 7.58. The summed E-state index contributed by atoms with van der Waals surface area (Å²) >= 11 is 0. The summed E-state index contributed by atoms with van der Waals surface area (Å²) < 4.78 is 38.6. The van der Waals surface area contributed by atoms with Crippen molar-refractivity contribution in [2.24, 2.45) is 0 Å². The maximum atomic E-state index is 12.9. The van der Waals surface area contributed by atoms with Crippen LogP contribution in [-0.4, -0.2) is 60.0 Å². The molecule has 3 heterocycles. The van der Waals surface area contributed by atoms with Gasteiger partial charge in [-0.25, -0.2) is 8.42 Å². The maximum Gasteiger partial charge on any atom is 0.283 e. The van der Waals surface area contributed by atoms with Crippen molar-refractivity contribution >= 4 is 10.0 Å². The van der Waals surface area contributed by atoms with Gasteiger partial charge in [-0.2, -0.15) is 4.31 Å². The van der Waals surface area contributed by atoms with Crippen molar-refractivity contribution in [2.75, 3.05) is 26.2 Å². The Kier molecular flexibility index (Phi) is 5.09. The number of furan rings is 1. The summed E-state index contributed by atoms with van der Waals surface area (Å²) in [5, 5.41) is 8.09. The minimum absolute atomic E-state index is 0.0730. The molecule has 0 bridgehead atoms. The Balaban J connectivity index is 1.48. The number of rotatable bonds is 5. The number of hydrogen-bond acceptors (Lipinski definition) is 7. The first-order valence-electron chi connectivity index (χ1n) is 9.63. The van der Waals surface area contributed by atoms with Crippen molar-refractivity contribution in [3.05, 3.63) is 18.0 Å². The average molecular weight is 394 g/mol. The molecule has 4 rings (SSSR count). The maximum absolute atomic E-state index is 12.9. The molecular weight excluding hydrogens is 368 g/mol. The van der Waals surface area contributed by atoms with E-state index >= 15 is 0 Å². The van der Waals surface area contributed by atoms with Crippen LogP contribution < -0.4 is 0 Å². The molecule has 1 aliphatic heterocycles. The molecule has 9 heteroatoms. The Morgan fingerprint density at radius 2 is 1.74 bits per heavy atom. The smallest absolute Gasteiger partial charge is 0.283 e. The standard InChI is InChI=1S/C18H26N4O4S/c1-13(2)21-9-11-22(12-10-21)27(23,24)16-8-7-15(25-16)18-20-19-17(26-18)14-5-3-4-6-14/h7-8,13-14H,3-6,9-12H2,1-2H3. The molecule has 1 aliphatic carbocycles. The van der Waals surface area contributed by atoms with E-state index in [-0.39, 0.29) is 11.0 Å². The predicted octanol–water partition coefficient (Wildman–Crippen LogP) is 2.70. The van der Waals surface area contributed by atoms with Gasteiger partial charge in [0.05, 0.1) is 0 Å². The van der Waals surface area contributed by atoms with Crippen LogP contribution in [-0.2, 0) is 10.0 Å². The Hall–Kier alpha value is -1.71. The van der Waals surface area contributed by atoms with Gasteiger partial charge in [0.15, 0.2) is 5.76 Å². The molecule has 0 atom stereocenters. The van der Waals surface area contributed by atoms with E-state index in [9.17, 15) is 8.42 Å². The predicted molar refractivity (Wildman–Crippen MR) is 98.7 cm³/mol. The van der Waals surface area contributed by atoms with E-state index in [2.05, 4.69) is 28.9 Å². The summed E-state index contributed by atoms with van der Waals surface area (Å²) in [7, 11) is -3.66. The van der Waals surface area contributed by atoms with Crippen molar-refractivity contribution in [2.45, 2.75) is 56.6 Å². The fraction of sp³-hybridized carbons (Fsp3) is 0.667. The fourth-order valence-electron chi connectivity index (χ4n) is 3.83. The molecule has 148 valence electrons.